The zero-order valence-electron chi connectivity index (χ0n) is 8.61. The molecule has 3 rings (SSSR count). The number of nitrogens with zero attached hydrogens (tertiary/aromatic N) is 2. The van der Waals surface area contributed by atoms with Crippen LogP contribution in [0.1, 0.15) is 41.2 Å². The topological polar surface area (TPSA) is 47.0 Å². The van der Waals surface area contributed by atoms with E-state index in [9.17, 15) is 0 Å². The Balaban J connectivity index is 1.74. The fraction of sp³-hybridized carbons (Fsp3) is 0.800. The van der Waals surface area contributed by atoms with Gasteiger partial charge in [0.05, 0.1) is 12.6 Å². The molecule has 15 heavy (non-hydrogen) atoms. The van der Waals surface area contributed by atoms with Crippen LogP contribution in [0.3, 0.4) is 0 Å². The second-order valence-electron chi connectivity index (χ2n) is 4.19. The number of nitrogens with one attached hydrogen (secondary N) is 1. The summed E-state index contributed by atoms with van der Waals surface area (Å²) in [6.45, 7) is 2.82. The van der Waals surface area contributed by atoms with Gasteiger partial charge in [-0.3, -0.25) is 0 Å². The SMILES string of the molecule is C1CNC(c2nnc(C3CCOC3)s2)C1. The van der Waals surface area contributed by atoms with Crippen molar-refractivity contribution in [1.82, 2.24) is 15.5 Å². The number of hydrogen-bond acceptors (Lipinski definition) is 5. The molecular formula is C10H15N3OS. The van der Waals surface area contributed by atoms with Crippen LogP contribution in [0.5, 0.6) is 0 Å². The highest BCUT2D eigenvalue weighted by Gasteiger charge is 2.25. The van der Waals surface area contributed by atoms with Crippen LogP contribution < -0.4 is 5.32 Å². The van der Waals surface area contributed by atoms with E-state index in [4.69, 9.17) is 4.74 Å². The summed E-state index contributed by atoms with van der Waals surface area (Å²) >= 11 is 1.76. The van der Waals surface area contributed by atoms with E-state index in [1.165, 1.54) is 12.8 Å². The molecule has 1 aromatic rings. The lowest BCUT2D eigenvalue weighted by atomic mass is 10.1. The third-order valence-corrected chi connectivity index (χ3v) is 4.29. The van der Waals surface area contributed by atoms with E-state index in [1.54, 1.807) is 11.3 Å². The normalized spacial score (nSPS) is 31.2. The third-order valence-electron chi connectivity index (χ3n) is 3.09. The van der Waals surface area contributed by atoms with Crippen molar-refractivity contribution in [1.29, 1.82) is 0 Å². The number of hydrogen-bond donors (Lipinski definition) is 1. The van der Waals surface area contributed by atoms with Crippen molar-refractivity contribution in [2.75, 3.05) is 19.8 Å². The van der Waals surface area contributed by atoms with Crippen molar-refractivity contribution in [3.05, 3.63) is 10.0 Å². The lowest BCUT2D eigenvalue weighted by Crippen LogP contribution is -2.12. The third kappa shape index (κ3) is 1.91. The van der Waals surface area contributed by atoms with Crippen LogP contribution in [0, 0.1) is 0 Å². The highest BCUT2D eigenvalue weighted by atomic mass is 32.1. The molecule has 2 saturated heterocycles. The van der Waals surface area contributed by atoms with E-state index in [-0.39, 0.29) is 0 Å². The van der Waals surface area contributed by atoms with Crippen molar-refractivity contribution in [2.24, 2.45) is 0 Å². The summed E-state index contributed by atoms with van der Waals surface area (Å²) in [4.78, 5) is 0. The first kappa shape index (κ1) is 9.69. The largest absolute Gasteiger partial charge is 0.381 e. The van der Waals surface area contributed by atoms with Gasteiger partial charge in [-0.15, -0.1) is 10.2 Å². The quantitative estimate of drug-likeness (QED) is 0.828. The summed E-state index contributed by atoms with van der Waals surface area (Å²) in [7, 11) is 0. The molecule has 0 aromatic carbocycles. The van der Waals surface area contributed by atoms with Crippen molar-refractivity contribution >= 4 is 11.3 Å². The molecule has 2 aliphatic heterocycles. The Morgan fingerprint density at radius 1 is 1.27 bits per heavy atom. The van der Waals surface area contributed by atoms with Crippen LogP contribution in [-0.2, 0) is 4.74 Å². The molecule has 2 atom stereocenters. The molecule has 82 valence electrons. The minimum atomic E-state index is 0.457. The first-order valence-corrected chi connectivity index (χ1v) is 6.39. The van der Waals surface area contributed by atoms with Crippen LogP contribution in [0.25, 0.3) is 0 Å². The lowest BCUT2D eigenvalue weighted by molar-refractivity contribution is 0.194. The molecule has 0 bridgehead atoms. The average molecular weight is 225 g/mol. The van der Waals surface area contributed by atoms with Gasteiger partial charge in [0.25, 0.3) is 0 Å². The second-order valence-corrected chi connectivity index (χ2v) is 5.23. The monoisotopic (exact) mass is 225 g/mol. The summed E-state index contributed by atoms with van der Waals surface area (Å²) in [5, 5.41) is 14.4. The Morgan fingerprint density at radius 2 is 2.20 bits per heavy atom. The van der Waals surface area contributed by atoms with Gasteiger partial charge in [0.1, 0.15) is 10.0 Å². The van der Waals surface area contributed by atoms with Crippen LogP contribution >= 0.6 is 11.3 Å². The second kappa shape index (κ2) is 4.15. The summed E-state index contributed by atoms with van der Waals surface area (Å²) in [6, 6.07) is 0.457. The molecule has 1 N–H and O–H groups in total. The predicted molar refractivity (Wildman–Crippen MR) is 58.1 cm³/mol. The maximum Gasteiger partial charge on any atom is 0.134 e. The smallest absolute Gasteiger partial charge is 0.134 e. The van der Waals surface area contributed by atoms with Gasteiger partial charge in [0, 0.05) is 12.5 Å². The molecule has 0 spiro atoms. The van der Waals surface area contributed by atoms with Gasteiger partial charge in [-0.25, -0.2) is 0 Å². The van der Waals surface area contributed by atoms with Gasteiger partial charge in [-0.2, -0.15) is 0 Å². The maximum absolute atomic E-state index is 5.37. The lowest BCUT2D eigenvalue weighted by Gasteiger charge is -2.03. The number of ether oxygens (including phenoxy) is 1. The minimum absolute atomic E-state index is 0.457. The molecule has 2 aliphatic rings. The van der Waals surface area contributed by atoms with E-state index in [0.717, 1.165) is 36.2 Å². The summed E-state index contributed by atoms with van der Waals surface area (Å²) in [5.74, 6) is 0.498. The molecule has 2 unspecified atom stereocenters. The van der Waals surface area contributed by atoms with E-state index in [1.807, 2.05) is 0 Å². The Morgan fingerprint density at radius 3 is 2.93 bits per heavy atom. The van der Waals surface area contributed by atoms with E-state index in [2.05, 4.69) is 15.5 Å². The zero-order chi connectivity index (χ0) is 10.1. The maximum atomic E-state index is 5.37. The summed E-state index contributed by atoms with van der Waals surface area (Å²) in [6.07, 6.45) is 3.56. The van der Waals surface area contributed by atoms with Gasteiger partial charge in [0.2, 0.25) is 0 Å². The van der Waals surface area contributed by atoms with Gasteiger partial charge < -0.3 is 10.1 Å². The Bertz CT molecular complexity index is 299. The molecule has 1 aromatic heterocycles. The fourth-order valence-corrected chi connectivity index (χ4v) is 3.25. The first-order chi connectivity index (χ1) is 7.43. The van der Waals surface area contributed by atoms with Gasteiger partial charge in [-0.05, 0) is 25.8 Å². The average Bonchev–Trinajstić information content (AvgIpc) is 3.02. The molecule has 2 fully saturated rings. The Hall–Kier alpha value is -0.520. The van der Waals surface area contributed by atoms with Crippen LogP contribution in [-0.4, -0.2) is 30.0 Å². The molecule has 0 radical (unpaired) electrons. The first-order valence-electron chi connectivity index (χ1n) is 5.58. The molecule has 4 nitrogen and oxygen atoms in total. The standard InChI is InChI=1S/C10H15N3OS/c1-2-8(11-4-1)10-13-12-9(15-10)7-3-5-14-6-7/h7-8,11H,1-6H2. The van der Waals surface area contributed by atoms with Crippen LogP contribution in [0.4, 0.5) is 0 Å². The summed E-state index contributed by atoms with van der Waals surface area (Å²) in [5.41, 5.74) is 0. The van der Waals surface area contributed by atoms with E-state index >= 15 is 0 Å². The molecule has 3 heterocycles. The molecule has 5 heteroatoms. The number of aromatic nitrogens is 2. The number of rotatable bonds is 2. The molecular weight excluding hydrogens is 210 g/mol. The Labute approximate surface area is 93.1 Å². The van der Waals surface area contributed by atoms with Crippen molar-refractivity contribution < 1.29 is 4.74 Å². The van der Waals surface area contributed by atoms with Crippen LogP contribution in [0.2, 0.25) is 0 Å². The predicted octanol–water partition coefficient (Wildman–Crippen LogP) is 1.47. The van der Waals surface area contributed by atoms with Gasteiger partial charge >= 0.3 is 0 Å². The zero-order valence-corrected chi connectivity index (χ0v) is 9.42. The van der Waals surface area contributed by atoms with Gasteiger partial charge in [-0.1, -0.05) is 11.3 Å². The van der Waals surface area contributed by atoms with Gasteiger partial charge in [0.15, 0.2) is 0 Å². The van der Waals surface area contributed by atoms with E-state index in [0.29, 0.717) is 12.0 Å². The Kier molecular flexibility index (Phi) is 2.68. The minimum Gasteiger partial charge on any atom is -0.381 e. The van der Waals surface area contributed by atoms with Crippen molar-refractivity contribution in [3.63, 3.8) is 0 Å². The molecule has 0 saturated carbocycles. The molecule has 0 aliphatic carbocycles. The molecule has 0 amide bonds. The van der Waals surface area contributed by atoms with Crippen molar-refractivity contribution in [2.45, 2.75) is 31.2 Å². The van der Waals surface area contributed by atoms with Crippen molar-refractivity contribution in [3.8, 4) is 0 Å². The fourth-order valence-electron chi connectivity index (χ4n) is 2.18. The highest BCUT2D eigenvalue weighted by molar-refractivity contribution is 7.11. The highest BCUT2D eigenvalue weighted by Crippen LogP contribution is 2.31. The summed E-state index contributed by atoms with van der Waals surface area (Å²) < 4.78 is 5.37. The van der Waals surface area contributed by atoms with Crippen LogP contribution in [0.15, 0.2) is 0 Å². The van der Waals surface area contributed by atoms with E-state index < -0.39 is 0 Å².